The van der Waals surface area contributed by atoms with Crippen LogP contribution in [0.25, 0.3) is 0 Å². The lowest BCUT2D eigenvalue weighted by Crippen LogP contribution is -2.26. The molecule has 3 rings (SSSR count). The number of fused-ring (bicyclic) bond motifs is 1. The number of aryl methyl sites for hydroxylation is 1. The second-order valence-electron chi connectivity index (χ2n) is 5.08. The second-order valence-corrected chi connectivity index (χ2v) is 9.33. The molecule has 2 atom stereocenters. The number of phosphoric ester groups is 1. The summed E-state index contributed by atoms with van der Waals surface area (Å²) in [4.78, 5) is 0. The van der Waals surface area contributed by atoms with E-state index in [-0.39, 0.29) is 10.8 Å². The molecule has 1 heterocycles. The Bertz CT molecular complexity index is 821. The van der Waals surface area contributed by atoms with Gasteiger partial charge in [-0.3, -0.25) is 4.52 Å². The first-order valence-electron chi connectivity index (χ1n) is 6.78. The van der Waals surface area contributed by atoms with E-state index < -0.39 is 17.7 Å². The number of para-hydroxylation sites is 2. The molecule has 0 spiro atoms. The molecule has 1 aliphatic heterocycles. The molecule has 9 heteroatoms. The summed E-state index contributed by atoms with van der Waals surface area (Å²) in [5.74, 6) is 0.443. The zero-order valence-corrected chi connectivity index (χ0v) is 16.1. The fraction of sp³-hybridized carbons (Fsp3) is 0.200. The van der Waals surface area contributed by atoms with Crippen LogP contribution in [0.5, 0.6) is 11.5 Å². The van der Waals surface area contributed by atoms with Crippen molar-refractivity contribution in [1.29, 1.82) is 0 Å². The van der Waals surface area contributed by atoms with Gasteiger partial charge in [0.2, 0.25) is 3.79 Å². The second kappa shape index (κ2) is 6.60. The molecule has 0 aliphatic carbocycles. The van der Waals surface area contributed by atoms with Gasteiger partial charge in [-0.2, -0.15) is 0 Å². The van der Waals surface area contributed by atoms with E-state index in [1.807, 2.05) is 0 Å². The first-order chi connectivity index (χ1) is 11.2. The van der Waals surface area contributed by atoms with Gasteiger partial charge in [-0.15, -0.1) is 0 Å². The van der Waals surface area contributed by atoms with Crippen molar-refractivity contribution in [3.05, 3.63) is 58.6 Å². The molecule has 0 fully saturated rings. The molecule has 0 saturated heterocycles. The summed E-state index contributed by atoms with van der Waals surface area (Å²) < 4.78 is 27.5. The van der Waals surface area contributed by atoms with E-state index in [2.05, 4.69) is 0 Å². The van der Waals surface area contributed by atoms with Crippen LogP contribution in [0.4, 0.5) is 0 Å². The lowest BCUT2D eigenvalue weighted by Gasteiger charge is -2.34. The van der Waals surface area contributed by atoms with Crippen LogP contribution in [0.15, 0.2) is 42.5 Å². The zero-order chi connectivity index (χ0) is 17.5. The lowest BCUT2D eigenvalue weighted by molar-refractivity contribution is 0.125. The molecule has 2 unspecified atom stereocenters. The van der Waals surface area contributed by atoms with Gasteiger partial charge in [0.1, 0.15) is 11.9 Å². The SMILES string of the molecule is Cc1cccc2c1OP(=O)(Oc1ccccc1Cl)OC2C(Cl)(Cl)Cl. The number of hydrogen-bond donors (Lipinski definition) is 0. The van der Waals surface area contributed by atoms with E-state index in [0.29, 0.717) is 16.9 Å². The molecular weight excluding hydrogens is 417 g/mol. The Morgan fingerprint density at radius 2 is 1.83 bits per heavy atom. The van der Waals surface area contributed by atoms with Gasteiger partial charge in [-0.05, 0) is 24.6 Å². The van der Waals surface area contributed by atoms with Crippen LogP contribution in [0.2, 0.25) is 5.02 Å². The van der Waals surface area contributed by atoms with Crippen molar-refractivity contribution < 1.29 is 18.1 Å². The van der Waals surface area contributed by atoms with Gasteiger partial charge in [0.05, 0.1) is 5.02 Å². The maximum atomic E-state index is 13.0. The third kappa shape index (κ3) is 3.65. The van der Waals surface area contributed by atoms with Crippen LogP contribution in [-0.2, 0) is 9.09 Å². The van der Waals surface area contributed by atoms with Crippen molar-refractivity contribution in [3.8, 4) is 11.5 Å². The van der Waals surface area contributed by atoms with Crippen LogP contribution >= 0.6 is 54.2 Å². The summed E-state index contributed by atoms with van der Waals surface area (Å²) >= 11 is 24.0. The highest BCUT2D eigenvalue weighted by molar-refractivity contribution is 7.49. The van der Waals surface area contributed by atoms with Crippen LogP contribution in [0, 0.1) is 6.92 Å². The molecule has 24 heavy (non-hydrogen) atoms. The highest BCUT2D eigenvalue weighted by Crippen LogP contribution is 2.63. The Hall–Kier alpha value is -0.610. The third-order valence-electron chi connectivity index (χ3n) is 3.31. The first kappa shape index (κ1) is 18.2. The van der Waals surface area contributed by atoms with Crippen molar-refractivity contribution >= 4 is 54.2 Å². The number of rotatable bonds is 2. The quantitative estimate of drug-likeness (QED) is 0.397. The van der Waals surface area contributed by atoms with Gasteiger partial charge in [0.25, 0.3) is 0 Å². The molecule has 4 nitrogen and oxygen atoms in total. The van der Waals surface area contributed by atoms with E-state index in [4.69, 9.17) is 60.0 Å². The van der Waals surface area contributed by atoms with Gasteiger partial charge in [0, 0.05) is 5.56 Å². The van der Waals surface area contributed by atoms with Crippen molar-refractivity contribution in [1.82, 2.24) is 0 Å². The van der Waals surface area contributed by atoms with Gasteiger partial charge in [-0.25, -0.2) is 4.57 Å². The summed E-state index contributed by atoms with van der Waals surface area (Å²) in [6, 6.07) is 11.7. The average molecular weight is 428 g/mol. The van der Waals surface area contributed by atoms with Crippen molar-refractivity contribution in [2.24, 2.45) is 0 Å². The third-order valence-corrected chi connectivity index (χ3v) is 5.51. The molecule has 2 aromatic rings. The molecule has 2 aromatic carbocycles. The monoisotopic (exact) mass is 426 g/mol. The Labute approximate surface area is 159 Å². The zero-order valence-electron chi connectivity index (χ0n) is 12.2. The maximum Gasteiger partial charge on any atom is 0.588 e. The van der Waals surface area contributed by atoms with Gasteiger partial charge < -0.3 is 9.05 Å². The first-order valence-corrected chi connectivity index (χ1v) is 9.75. The maximum absolute atomic E-state index is 13.0. The Morgan fingerprint density at radius 1 is 1.12 bits per heavy atom. The number of benzene rings is 2. The summed E-state index contributed by atoms with van der Waals surface area (Å²) in [5, 5.41) is 0.251. The standard InChI is InChI=1S/C15H11Cl4O4P/c1-9-5-4-6-10-13(9)22-24(20,23-14(10)15(17,18)19)21-12-8-3-2-7-11(12)16/h2-8,14H,1H3. The lowest BCUT2D eigenvalue weighted by atomic mass is 10.1. The van der Waals surface area contributed by atoms with E-state index in [0.717, 1.165) is 0 Å². The highest BCUT2D eigenvalue weighted by atomic mass is 35.6. The van der Waals surface area contributed by atoms with Crippen LogP contribution in [0.1, 0.15) is 17.2 Å². The Balaban J connectivity index is 2.04. The van der Waals surface area contributed by atoms with Gasteiger partial charge in [0.15, 0.2) is 5.75 Å². The predicted octanol–water partition coefficient (Wildman–Crippen LogP) is 6.66. The van der Waals surface area contributed by atoms with E-state index in [9.17, 15) is 4.57 Å². The largest absolute Gasteiger partial charge is 0.588 e. The fourth-order valence-corrected chi connectivity index (χ4v) is 4.67. The normalized spacial score (nSPS) is 23.3. The van der Waals surface area contributed by atoms with E-state index >= 15 is 0 Å². The minimum absolute atomic E-state index is 0.141. The van der Waals surface area contributed by atoms with Gasteiger partial charge >= 0.3 is 7.82 Å². The van der Waals surface area contributed by atoms with Crippen LogP contribution < -0.4 is 9.05 Å². The summed E-state index contributed by atoms with van der Waals surface area (Å²) in [7, 11) is -4.11. The molecule has 1 aliphatic rings. The topological polar surface area (TPSA) is 44.8 Å². The van der Waals surface area contributed by atoms with Crippen molar-refractivity contribution in [2.75, 3.05) is 0 Å². The molecule has 0 saturated carbocycles. The summed E-state index contributed by atoms with van der Waals surface area (Å²) in [6.45, 7) is 1.78. The highest BCUT2D eigenvalue weighted by Gasteiger charge is 2.49. The molecular formula is C15H11Cl4O4P. The summed E-state index contributed by atoms with van der Waals surface area (Å²) in [5.41, 5.74) is 1.18. The molecule has 0 bridgehead atoms. The molecule has 128 valence electrons. The molecule has 0 aromatic heterocycles. The number of hydrogen-bond acceptors (Lipinski definition) is 4. The van der Waals surface area contributed by atoms with Crippen molar-refractivity contribution in [3.63, 3.8) is 0 Å². The smallest absolute Gasteiger partial charge is 0.394 e. The number of halogens is 4. The predicted molar refractivity (Wildman–Crippen MR) is 95.6 cm³/mol. The minimum Gasteiger partial charge on any atom is -0.394 e. The van der Waals surface area contributed by atoms with Crippen LogP contribution in [-0.4, -0.2) is 3.79 Å². The Kier molecular flexibility index (Phi) is 5.00. The van der Waals surface area contributed by atoms with Gasteiger partial charge in [-0.1, -0.05) is 76.7 Å². The molecule has 0 radical (unpaired) electrons. The van der Waals surface area contributed by atoms with Crippen molar-refractivity contribution in [2.45, 2.75) is 16.8 Å². The van der Waals surface area contributed by atoms with E-state index in [1.165, 1.54) is 6.07 Å². The minimum atomic E-state index is -4.11. The number of alkyl halides is 3. The number of phosphoric acid groups is 1. The fourth-order valence-electron chi connectivity index (χ4n) is 2.24. The molecule has 0 amide bonds. The summed E-state index contributed by atoms with van der Waals surface area (Å²) in [6.07, 6.45) is -1.13. The van der Waals surface area contributed by atoms with E-state index in [1.54, 1.807) is 43.3 Å². The molecule has 0 N–H and O–H groups in total. The Morgan fingerprint density at radius 3 is 2.50 bits per heavy atom. The average Bonchev–Trinajstić information content (AvgIpc) is 2.49. The van der Waals surface area contributed by atoms with Crippen LogP contribution in [0.3, 0.4) is 0 Å².